The van der Waals surface area contributed by atoms with Gasteiger partial charge in [0.2, 0.25) is 0 Å². The summed E-state index contributed by atoms with van der Waals surface area (Å²) in [7, 11) is 0. The number of fused-ring (bicyclic) bond motifs is 1. The molecular formula is C15H12ClN3. The van der Waals surface area contributed by atoms with Crippen molar-refractivity contribution in [1.29, 1.82) is 0 Å². The molecule has 0 aliphatic heterocycles. The normalized spacial score (nSPS) is 11.9. The van der Waals surface area contributed by atoms with Crippen LogP contribution in [0.1, 0.15) is 11.1 Å². The molecule has 0 saturated carbocycles. The number of nitrogens with two attached hydrogens (primary N) is 1. The average molecular weight is 270 g/mol. The number of hydrogen-bond donors (Lipinski definition) is 2. The zero-order chi connectivity index (χ0) is 13.2. The molecule has 4 heteroatoms. The molecule has 0 bridgehead atoms. The molecule has 3 nitrogen and oxygen atoms in total. The molecule has 3 rings (SSSR count). The van der Waals surface area contributed by atoms with E-state index in [4.69, 9.17) is 17.3 Å². The van der Waals surface area contributed by atoms with E-state index < -0.39 is 0 Å². The highest BCUT2D eigenvalue weighted by Crippen LogP contribution is 2.26. The minimum Gasteiger partial charge on any atom is -0.369 e. The summed E-state index contributed by atoms with van der Waals surface area (Å²) in [5.74, 6) is 0.420. The second kappa shape index (κ2) is 4.78. The van der Waals surface area contributed by atoms with Gasteiger partial charge in [-0.25, -0.2) is 4.98 Å². The van der Waals surface area contributed by atoms with Crippen LogP contribution in [0.15, 0.2) is 54.1 Å². The fourth-order valence-electron chi connectivity index (χ4n) is 2.11. The van der Waals surface area contributed by atoms with Gasteiger partial charge < -0.3 is 10.7 Å². The molecule has 94 valence electrons. The summed E-state index contributed by atoms with van der Waals surface area (Å²) < 4.78 is 0. The molecule has 3 N–H and O–H groups in total. The standard InChI is InChI=1S/C15H12ClN3/c16-9-12(10-4-2-1-3-5-10)11-6-7-13-14(8-11)19-15(17)18-13/h1-9H,(H3,17,18,19). The fraction of sp³-hybridized carbons (Fsp3) is 0. The Hall–Kier alpha value is -2.26. The molecule has 1 aromatic heterocycles. The second-order valence-corrected chi connectivity index (χ2v) is 4.46. The van der Waals surface area contributed by atoms with Crippen molar-refractivity contribution >= 4 is 34.2 Å². The van der Waals surface area contributed by atoms with Gasteiger partial charge in [-0.15, -0.1) is 0 Å². The van der Waals surface area contributed by atoms with Crippen molar-refractivity contribution in [2.45, 2.75) is 0 Å². The summed E-state index contributed by atoms with van der Waals surface area (Å²) in [6.45, 7) is 0. The van der Waals surface area contributed by atoms with Gasteiger partial charge in [0.1, 0.15) is 0 Å². The van der Waals surface area contributed by atoms with Crippen molar-refractivity contribution in [1.82, 2.24) is 9.97 Å². The molecule has 0 radical (unpaired) electrons. The number of anilines is 1. The molecule has 3 aromatic rings. The molecular weight excluding hydrogens is 258 g/mol. The Morgan fingerprint density at radius 2 is 1.89 bits per heavy atom. The number of halogens is 1. The summed E-state index contributed by atoms with van der Waals surface area (Å²) in [6.07, 6.45) is 0. The smallest absolute Gasteiger partial charge is 0.198 e. The number of rotatable bonds is 2. The van der Waals surface area contributed by atoms with E-state index in [0.717, 1.165) is 27.7 Å². The Balaban J connectivity index is 2.12. The number of nitrogens with one attached hydrogen (secondary N) is 1. The van der Waals surface area contributed by atoms with E-state index in [-0.39, 0.29) is 0 Å². The van der Waals surface area contributed by atoms with Crippen LogP contribution in [0.2, 0.25) is 0 Å². The number of nitrogens with zero attached hydrogens (tertiary/aromatic N) is 1. The topological polar surface area (TPSA) is 54.7 Å². The van der Waals surface area contributed by atoms with Crippen LogP contribution >= 0.6 is 11.6 Å². The maximum atomic E-state index is 5.98. The number of H-pyrrole nitrogens is 1. The summed E-state index contributed by atoms with van der Waals surface area (Å²) in [4.78, 5) is 7.21. The van der Waals surface area contributed by atoms with Crippen LogP contribution in [0.25, 0.3) is 16.6 Å². The Kier molecular flexibility index (Phi) is 2.97. The van der Waals surface area contributed by atoms with Crippen LogP contribution in [0.5, 0.6) is 0 Å². The van der Waals surface area contributed by atoms with E-state index in [1.165, 1.54) is 0 Å². The first-order chi connectivity index (χ1) is 9.28. The van der Waals surface area contributed by atoms with Crippen LogP contribution in [-0.2, 0) is 0 Å². The minimum absolute atomic E-state index is 0.420. The molecule has 0 saturated heterocycles. The van der Waals surface area contributed by atoms with Gasteiger partial charge in [-0.1, -0.05) is 48.0 Å². The first kappa shape index (κ1) is 11.8. The number of benzene rings is 2. The largest absolute Gasteiger partial charge is 0.369 e. The molecule has 1 heterocycles. The van der Waals surface area contributed by atoms with E-state index in [1.54, 1.807) is 5.54 Å². The lowest BCUT2D eigenvalue weighted by Crippen LogP contribution is -1.87. The number of nitrogen functional groups attached to an aromatic ring is 1. The highest BCUT2D eigenvalue weighted by Gasteiger charge is 2.07. The molecule has 0 aliphatic carbocycles. The maximum absolute atomic E-state index is 5.98. The molecule has 0 aliphatic rings. The number of aromatic amines is 1. The predicted molar refractivity (Wildman–Crippen MR) is 79.9 cm³/mol. The van der Waals surface area contributed by atoms with Gasteiger partial charge in [0, 0.05) is 11.1 Å². The fourth-order valence-corrected chi connectivity index (χ4v) is 2.36. The molecule has 0 atom stereocenters. The Bertz CT molecular complexity index is 744. The Morgan fingerprint density at radius 3 is 2.63 bits per heavy atom. The zero-order valence-electron chi connectivity index (χ0n) is 10.1. The number of aromatic nitrogens is 2. The lowest BCUT2D eigenvalue weighted by molar-refractivity contribution is 1.35. The van der Waals surface area contributed by atoms with Crippen molar-refractivity contribution in [3.63, 3.8) is 0 Å². The van der Waals surface area contributed by atoms with Crippen LogP contribution in [0.4, 0.5) is 5.95 Å². The van der Waals surface area contributed by atoms with E-state index in [1.807, 2.05) is 48.5 Å². The van der Waals surface area contributed by atoms with Crippen molar-refractivity contribution in [3.05, 3.63) is 65.2 Å². The van der Waals surface area contributed by atoms with Crippen molar-refractivity contribution in [3.8, 4) is 0 Å². The van der Waals surface area contributed by atoms with Gasteiger partial charge in [-0.05, 0) is 23.3 Å². The Morgan fingerprint density at radius 1 is 1.11 bits per heavy atom. The van der Waals surface area contributed by atoms with Crippen LogP contribution in [-0.4, -0.2) is 9.97 Å². The summed E-state index contributed by atoms with van der Waals surface area (Å²) in [5.41, 5.74) is 12.1. The highest BCUT2D eigenvalue weighted by atomic mass is 35.5. The third-order valence-corrected chi connectivity index (χ3v) is 3.22. The quantitative estimate of drug-likeness (QED) is 0.744. The van der Waals surface area contributed by atoms with E-state index >= 15 is 0 Å². The molecule has 0 amide bonds. The molecule has 19 heavy (non-hydrogen) atoms. The van der Waals surface area contributed by atoms with Crippen LogP contribution in [0, 0.1) is 0 Å². The molecule has 2 aromatic carbocycles. The number of hydrogen-bond acceptors (Lipinski definition) is 2. The third-order valence-electron chi connectivity index (χ3n) is 3.01. The summed E-state index contributed by atoms with van der Waals surface area (Å²) in [6, 6.07) is 15.9. The van der Waals surface area contributed by atoms with E-state index in [9.17, 15) is 0 Å². The Labute approximate surface area is 115 Å². The summed E-state index contributed by atoms with van der Waals surface area (Å²) in [5, 5.41) is 0. The van der Waals surface area contributed by atoms with E-state index in [0.29, 0.717) is 5.95 Å². The highest BCUT2D eigenvalue weighted by molar-refractivity contribution is 6.29. The van der Waals surface area contributed by atoms with Crippen LogP contribution < -0.4 is 5.73 Å². The predicted octanol–water partition coefficient (Wildman–Crippen LogP) is 3.77. The summed E-state index contributed by atoms with van der Waals surface area (Å²) >= 11 is 5.98. The maximum Gasteiger partial charge on any atom is 0.198 e. The monoisotopic (exact) mass is 269 g/mol. The van der Waals surface area contributed by atoms with Crippen LogP contribution in [0.3, 0.4) is 0 Å². The minimum atomic E-state index is 0.420. The molecule has 0 spiro atoms. The zero-order valence-corrected chi connectivity index (χ0v) is 10.9. The molecule has 0 unspecified atom stereocenters. The van der Waals surface area contributed by atoms with Crippen molar-refractivity contribution in [2.24, 2.45) is 0 Å². The SMILES string of the molecule is Nc1nc2ccc(C(=CCl)c3ccccc3)cc2[nH]1. The lowest BCUT2D eigenvalue weighted by atomic mass is 9.99. The first-order valence-corrected chi connectivity index (χ1v) is 6.33. The number of imidazole rings is 1. The van der Waals surface area contributed by atoms with Gasteiger partial charge >= 0.3 is 0 Å². The van der Waals surface area contributed by atoms with Gasteiger partial charge in [0.25, 0.3) is 0 Å². The van der Waals surface area contributed by atoms with E-state index in [2.05, 4.69) is 9.97 Å². The third kappa shape index (κ3) is 2.20. The van der Waals surface area contributed by atoms with Gasteiger partial charge in [-0.2, -0.15) is 0 Å². The lowest BCUT2D eigenvalue weighted by Gasteiger charge is -2.06. The van der Waals surface area contributed by atoms with Gasteiger partial charge in [0.05, 0.1) is 11.0 Å². The van der Waals surface area contributed by atoms with Crippen molar-refractivity contribution in [2.75, 3.05) is 5.73 Å². The van der Waals surface area contributed by atoms with Gasteiger partial charge in [0.15, 0.2) is 5.95 Å². The average Bonchev–Trinajstić information content (AvgIpc) is 2.80. The second-order valence-electron chi connectivity index (χ2n) is 4.24. The van der Waals surface area contributed by atoms with Crippen molar-refractivity contribution < 1.29 is 0 Å². The van der Waals surface area contributed by atoms with Gasteiger partial charge in [-0.3, -0.25) is 0 Å². The first-order valence-electron chi connectivity index (χ1n) is 5.89. The molecule has 0 fully saturated rings.